The van der Waals surface area contributed by atoms with Crippen molar-refractivity contribution < 1.29 is 14.3 Å². The number of hydrogen-bond donors (Lipinski definition) is 1. The van der Waals surface area contributed by atoms with Crippen molar-refractivity contribution in [2.24, 2.45) is 17.3 Å². The molecule has 1 spiro atoms. The van der Waals surface area contributed by atoms with Crippen LogP contribution < -0.4 is 5.32 Å². The lowest BCUT2D eigenvalue weighted by Gasteiger charge is -2.61. The van der Waals surface area contributed by atoms with Crippen LogP contribution >= 0.6 is 0 Å². The van der Waals surface area contributed by atoms with Crippen molar-refractivity contribution in [2.45, 2.75) is 64.7 Å². The van der Waals surface area contributed by atoms with Gasteiger partial charge < -0.3 is 14.8 Å². The molecular formula is C15H25NO3. The van der Waals surface area contributed by atoms with Crippen LogP contribution in [0.4, 0.5) is 4.79 Å². The quantitative estimate of drug-likeness (QED) is 0.743. The monoisotopic (exact) mass is 267 g/mol. The van der Waals surface area contributed by atoms with E-state index in [4.69, 9.17) is 9.47 Å². The maximum atomic E-state index is 11.9. The Morgan fingerprint density at radius 1 is 1.32 bits per heavy atom. The molecule has 3 saturated carbocycles. The third-order valence-corrected chi connectivity index (χ3v) is 5.34. The second kappa shape index (κ2) is 3.66. The summed E-state index contributed by atoms with van der Waals surface area (Å²) in [6.45, 7) is 11.1. The van der Waals surface area contributed by atoms with E-state index in [1.807, 2.05) is 20.8 Å². The fourth-order valence-electron chi connectivity index (χ4n) is 4.09. The second-order valence-corrected chi connectivity index (χ2v) is 7.98. The largest absolute Gasteiger partial charge is 0.444 e. The Bertz CT molecular complexity index is 406. The number of nitrogens with one attached hydrogen (secondary N) is 1. The highest BCUT2D eigenvalue weighted by Crippen LogP contribution is 2.67. The number of ether oxygens (including phenoxy) is 2. The molecule has 2 bridgehead atoms. The van der Waals surface area contributed by atoms with E-state index in [0.29, 0.717) is 17.3 Å². The zero-order chi connectivity index (χ0) is 14.1. The van der Waals surface area contributed by atoms with Gasteiger partial charge in [0.05, 0.1) is 12.6 Å². The predicted octanol–water partition coefficient (Wildman–Crippen LogP) is 2.71. The molecule has 0 aromatic heterocycles. The molecule has 1 saturated heterocycles. The zero-order valence-electron chi connectivity index (χ0n) is 12.6. The van der Waals surface area contributed by atoms with E-state index < -0.39 is 5.60 Å². The average molecular weight is 267 g/mol. The number of hydrogen-bond acceptors (Lipinski definition) is 3. The molecule has 4 aliphatic rings. The van der Waals surface area contributed by atoms with Gasteiger partial charge in [-0.15, -0.1) is 0 Å². The Hall–Kier alpha value is -0.770. The SMILES string of the molecule is CC(C)(C)OC(=O)N[C@H]1C[C@H]2C[C@H](C2(C)C)[C@]12CO2. The third-order valence-electron chi connectivity index (χ3n) is 5.34. The number of carbonyl (C=O) groups excluding carboxylic acids is 1. The van der Waals surface area contributed by atoms with Crippen molar-refractivity contribution in [2.75, 3.05) is 6.61 Å². The maximum Gasteiger partial charge on any atom is 0.407 e. The highest BCUT2D eigenvalue weighted by atomic mass is 16.6. The van der Waals surface area contributed by atoms with Crippen LogP contribution in [0.1, 0.15) is 47.5 Å². The van der Waals surface area contributed by atoms with E-state index in [0.717, 1.165) is 13.0 Å². The summed E-state index contributed by atoms with van der Waals surface area (Å²) in [5.41, 5.74) is -0.184. The van der Waals surface area contributed by atoms with Crippen LogP contribution in [0.5, 0.6) is 0 Å². The van der Waals surface area contributed by atoms with E-state index in [1.54, 1.807) is 0 Å². The first-order valence-corrected chi connectivity index (χ1v) is 7.29. The van der Waals surface area contributed by atoms with E-state index in [1.165, 1.54) is 6.42 Å². The van der Waals surface area contributed by atoms with Crippen LogP contribution in [0.2, 0.25) is 0 Å². The molecule has 1 aliphatic heterocycles. The van der Waals surface area contributed by atoms with Crippen LogP contribution in [0.25, 0.3) is 0 Å². The second-order valence-electron chi connectivity index (χ2n) is 7.98. The van der Waals surface area contributed by atoms with E-state index in [2.05, 4.69) is 19.2 Å². The van der Waals surface area contributed by atoms with Crippen LogP contribution in [-0.2, 0) is 9.47 Å². The van der Waals surface area contributed by atoms with Gasteiger partial charge in [0.1, 0.15) is 11.2 Å². The summed E-state index contributed by atoms with van der Waals surface area (Å²) in [7, 11) is 0. The summed E-state index contributed by atoms with van der Waals surface area (Å²) in [4.78, 5) is 11.9. The highest BCUT2D eigenvalue weighted by molar-refractivity contribution is 5.68. The fourth-order valence-corrected chi connectivity index (χ4v) is 4.09. The van der Waals surface area contributed by atoms with Gasteiger partial charge in [-0.25, -0.2) is 4.79 Å². The summed E-state index contributed by atoms with van der Waals surface area (Å²) < 4.78 is 11.2. The number of epoxide rings is 1. The molecule has 4 fully saturated rings. The van der Waals surface area contributed by atoms with E-state index >= 15 is 0 Å². The van der Waals surface area contributed by atoms with Crippen LogP contribution in [-0.4, -0.2) is 29.9 Å². The summed E-state index contributed by atoms with van der Waals surface area (Å²) in [6.07, 6.45) is 1.95. The Morgan fingerprint density at radius 2 is 1.95 bits per heavy atom. The predicted molar refractivity (Wildman–Crippen MR) is 71.8 cm³/mol. The summed E-state index contributed by atoms with van der Waals surface area (Å²) in [6, 6.07) is 0.124. The molecule has 0 aromatic carbocycles. The fraction of sp³-hybridized carbons (Fsp3) is 0.933. The molecule has 1 N–H and O–H groups in total. The van der Waals surface area contributed by atoms with Crippen molar-refractivity contribution in [3.8, 4) is 0 Å². The van der Waals surface area contributed by atoms with E-state index in [-0.39, 0.29) is 17.7 Å². The molecule has 4 rings (SSSR count). The molecule has 1 amide bonds. The maximum absolute atomic E-state index is 11.9. The van der Waals surface area contributed by atoms with Gasteiger partial charge in [0, 0.05) is 0 Å². The van der Waals surface area contributed by atoms with Crippen LogP contribution in [0, 0.1) is 17.3 Å². The van der Waals surface area contributed by atoms with Gasteiger partial charge in [0.25, 0.3) is 0 Å². The van der Waals surface area contributed by atoms with Gasteiger partial charge in [-0.3, -0.25) is 0 Å². The average Bonchev–Trinajstić information content (AvgIpc) is 2.98. The molecule has 4 atom stereocenters. The Balaban J connectivity index is 1.66. The van der Waals surface area contributed by atoms with Crippen molar-refractivity contribution in [3.63, 3.8) is 0 Å². The summed E-state index contributed by atoms with van der Waals surface area (Å²) >= 11 is 0. The van der Waals surface area contributed by atoms with Crippen molar-refractivity contribution in [3.05, 3.63) is 0 Å². The number of carbonyl (C=O) groups is 1. The van der Waals surface area contributed by atoms with Gasteiger partial charge in [-0.05, 0) is 50.9 Å². The summed E-state index contributed by atoms with van der Waals surface area (Å²) in [5.74, 6) is 1.28. The molecule has 4 heteroatoms. The molecule has 4 nitrogen and oxygen atoms in total. The molecule has 0 unspecified atom stereocenters. The number of rotatable bonds is 1. The normalized spacial score (nSPS) is 42.5. The van der Waals surface area contributed by atoms with Crippen molar-refractivity contribution in [1.82, 2.24) is 5.32 Å². The lowest BCUT2D eigenvalue weighted by atomic mass is 9.44. The Kier molecular flexibility index (Phi) is 2.55. The summed E-state index contributed by atoms with van der Waals surface area (Å²) in [5, 5.41) is 3.04. The number of amides is 1. The molecule has 0 radical (unpaired) electrons. The highest BCUT2D eigenvalue weighted by Gasteiger charge is 2.71. The molecule has 0 aromatic rings. The van der Waals surface area contributed by atoms with Gasteiger partial charge in [0.15, 0.2) is 0 Å². The minimum atomic E-state index is -0.446. The topological polar surface area (TPSA) is 50.9 Å². The lowest BCUT2D eigenvalue weighted by Crippen LogP contribution is -2.66. The van der Waals surface area contributed by atoms with Gasteiger partial charge >= 0.3 is 6.09 Å². The Morgan fingerprint density at radius 3 is 2.42 bits per heavy atom. The first-order chi connectivity index (χ1) is 8.65. The molecule has 3 aliphatic carbocycles. The van der Waals surface area contributed by atoms with E-state index in [9.17, 15) is 4.79 Å². The lowest BCUT2D eigenvalue weighted by molar-refractivity contribution is -0.131. The zero-order valence-corrected chi connectivity index (χ0v) is 12.6. The molecule has 108 valence electrons. The van der Waals surface area contributed by atoms with Crippen LogP contribution in [0.15, 0.2) is 0 Å². The standard InChI is InChI=1S/C15H25NO3/c1-13(2,3)19-12(17)16-11-7-9-6-10(14(9,4)5)15(11)8-18-15/h9-11H,6-8H2,1-5H3,(H,16,17)/t9-,10-,11+,15-/m1/s1. The van der Waals surface area contributed by atoms with Gasteiger partial charge in [-0.2, -0.15) is 0 Å². The van der Waals surface area contributed by atoms with Gasteiger partial charge in [0.2, 0.25) is 0 Å². The molecule has 1 heterocycles. The number of fused-ring (bicyclic) bond motifs is 1. The van der Waals surface area contributed by atoms with Crippen LogP contribution in [0.3, 0.4) is 0 Å². The first kappa shape index (κ1) is 13.2. The third kappa shape index (κ3) is 1.95. The minimum absolute atomic E-state index is 0.102. The first-order valence-electron chi connectivity index (χ1n) is 7.29. The smallest absolute Gasteiger partial charge is 0.407 e. The minimum Gasteiger partial charge on any atom is -0.444 e. The molecular weight excluding hydrogens is 242 g/mol. The Labute approximate surface area is 115 Å². The van der Waals surface area contributed by atoms with Gasteiger partial charge in [-0.1, -0.05) is 13.8 Å². The molecule has 19 heavy (non-hydrogen) atoms. The number of alkyl carbamates (subject to hydrolysis) is 1. The van der Waals surface area contributed by atoms with Crippen molar-refractivity contribution >= 4 is 6.09 Å². The van der Waals surface area contributed by atoms with Crippen molar-refractivity contribution in [1.29, 1.82) is 0 Å².